The van der Waals surface area contributed by atoms with Gasteiger partial charge in [0, 0.05) is 18.4 Å². The molecule has 16 heavy (non-hydrogen) atoms. The number of nitrogens with one attached hydrogen (secondary N) is 1. The Morgan fingerprint density at radius 1 is 1.44 bits per heavy atom. The van der Waals surface area contributed by atoms with Gasteiger partial charge in [-0.05, 0) is 31.7 Å². The lowest BCUT2D eigenvalue weighted by Crippen LogP contribution is -2.19. The number of carbonyl (C=O) groups is 1. The fourth-order valence-corrected chi connectivity index (χ4v) is 1.99. The van der Waals surface area contributed by atoms with Crippen LogP contribution in [-0.2, 0) is 4.79 Å². The Labute approximate surface area is 93.9 Å². The van der Waals surface area contributed by atoms with E-state index in [4.69, 9.17) is 5.11 Å². The quantitative estimate of drug-likeness (QED) is 0.808. The van der Waals surface area contributed by atoms with E-state index >= 15 is 0 Å². The average Bonchev–Trinajstić information content (AvgIpc) is 2.70. The van der Waals surface area contributed by atoms with Crippen molar-refractivity contribution in [1.82, 2.24) is 9.97 Å². The minimum Gasteiger partial charge on any atom is -0.481 e. The predicted octanol–water partition coefficient (Wildman–Crippen LogP) is 1.45. The molecule has 0 bridgehead atoms. The summed E-state index contributed by atoms with van der Waals surface area (Å²) >= 11 is 0. The molecule has 2 atom stereocenters. The maximum Gasteiger partial charge on any atom is 0.306 e. The molecular formula is C11H15N3O2. The summed E-state index contributed by atoms with van der Waals surface area (Å²) in [5, 5.41) is 12.0. The van der Waals surface area contributed by atoms with Crippen molar-refractivity contribution < 1.29 is 9.90 Å². The smallest absolute Gasteiger partial charge is 0.306 e. The normalized spacial score (nSPS) is 24.3. The number of hydrogen-bond acceptors (Lipinski definition) is 4. The Bertz CT molecular complexity index is 377. The maximum atomic E-state index is 10.8. The van der Waals surface area contributed by atoms with Crippen LogP contribution in [0, 0.1) is 12.8 Å². The molecule has 1 aromatic rings. The Kier molecular flexibility index (Phi) is 3.03. The van der Waals surface area contributed by atoms with E-state index in [-0.39, 0.29) is 12.0 Å². The summed E-state index contributed by atoms with van der Waals surface area (Å²) in [6.07, 6.45) is 5.76. The molecule has 0 spiro atoms. The summed E-state index contributed by atoms with van der Waals surface area (Å²) < 4.78 is 0. The summed E-state index contributed by atoms with van der Waals surface area (Å²) in [4.78, 5) is 19.1. The zero-order chi connectivity index (χ0) is 11.5. The highest BCUT2D eigenvalue weighted by Crippen LogP contribution is 2.27. The molecule has 2 rings (SSSR count). The zero-order valence-corrected chi connectivity index (χ0v) is 9.18. The SMILES string of the molecule is Cc1cnc(NC2CCC(C(=O)O)C2)nc1. The van der Waals surface area contributed by atoms with Crippen molar-refractivity contribution in [1.29, 1.82) is 0 Å². The fraction of sp³-hybridized carbons (Fsp3) is 0.545. The molecule has 1 saturated carbocycles. The molecule has 5 nitrogen and oxygen atoms in total. The van der Waals surface area contributed by atoms with Crippen molar-refractivity contribution in [3.8, 4) is 0 Å². The number of anilines is 1. The second-order valence-corrected chi connectivity index (χ2v) is 4.27. The van der Waals surface area contributed by atoms with Gasteiger partial charge in [-0.15, -0.1) is 0 Å². The second kappa shape index (κ2) is 4.47. The van der Waals surface area contributed by atoms with E-state index in [1.165, 1.54) is 0 Å². The summed E-state index contributed by atoms with van der Waals surface area (Å²) in [6, 6.07) is 0.184. The number of carboxylic acid groups (broad SMARTS) is 1. The van der Waals surface area contributed by atoms with Crippen molar-refractivity contribution in [3.63, 3.8) is 0 Å². The molecule has 2 N–H and O–H groups in total. The van der Waals surface area contributed by atoms with Crippen LogP contribution >= 0.6 is 0 Å². The van der Waals surface area contributed by atoms with Gasteiger partial charge < -0.3 is 10.4 Å². The number of hydrogen-bond donors (Lipinski definition) is 2. The van der Waals surface area contributed by atoms with Crippen molar-refractivity contribution in [2.24, 2.45) is 5.92 Å². The van der Waals surface area contributed by atoms with Gasteiger partial charge in [-0.2, -0.15) is 0 Å². The standard InChI is InChI=1S/C11H15N3O2/c1-7-5-12-11(13-6-7)14-9-3-2-8(4-9)10(15)16/h5-6,8-9H,2-4H2,1H3,(H,15,16)(H,12,13,14). The Morgan fingerprint density at radius 3 is 2.69 bits per heavy atom. The van der Waals surface area contributed by atoms with Crippen LogP contribution in [0.4, 0.5) is 5.95 Å². The predicted molar refractivity (Wildman–Crippen MR) is 59.2 cm³/mol. The Balaban J connectivity index is 1.92. The van der Waals surface area contributed by atoms with Crippen LogP contribution in [0.5, 0.6) is 0 Å². The van der Waals surface area contributed by atoms with Gasteiger partial charge in [0.25, 0.3) is 0 Å². The monoisotopic (exact) mass is 221 g/mol. The third kappa shape index (κ3) is 2.48. The lowest BCUT2D eigenvalue weighted by molar-refractivity contribution is -0.141. The number of aromatic nitrogens is 2. The molecule has 1 fully saturated rings. The first kappa shape index (κ1) is 10.9. The average molecular weight is 221 g/mol. The summed E-state index contributed by atoms with van der Waals surface area (Å²) in [6.45, 7) is 1.93. The van der Waals surface area contributed by atoms with Crippen LogP contribution in [0.25, 0.3) is 0 Å². The van der Waals surface area contributed by atoms with Gasteiger partial charge in [0.1, 0.15) is 0 Å². The van der Waals surface area contributed by atoms with Crippen LogP contribution < -0.4 is 5.32 Å². The second-order valence-electron chi connectivity index (χ2n) is 4.27. The molecule has 0 amide bonds. The summed E-state index contributed by atoms with van der Waals surface area (Å²) in [5.74, 6) is -0.335. The number of carboxylic acids is 1. The van der Waals surface area contributed by atoms with Crippen LogP contribution in [0.1, 0.15) is 24.8 Å². The third-order valence-corrected chi connectivity index (χ3v) is 2.90. The first-order chi connectivity index (χ1) is 7.65. The van der Waals surface area contributed by atoms with E-state index in [1.54, 1.807) is 12.4 Å². The Morgan fingerprint density at radius 2 is 2.12 bits per heavy atom. The topological polar surface area (TPSA) is 75.1 Å². The third-order valence-electron chi connectivity index (χ3n) is 2.90. The molecule has 0 aromatic carbocycles. The lowest BCUT2D eigenvalue weighted by Gasteiger charge is -2.11. The molecule has 0 radical (unpaired) electrons. The highest BCUT2D eigenvalue weighted by molar-refractivity contribution is 5.70. The zero-order valence-electron chi connectivity index (χ0n) is 9.18. The van der Waals surface area contributed by atoms with E-state index in [2.05, 4.69) is 15.3 Å². The molecule has 1 heterocycles. The first-order valence-electron chi connectivity index (χ1n) is 5.43. The van der Waals surface area contributed by atoms with Gasteiger partial charge in [-0.25, -0.2) is 9.97 Å². The molecule has 5 heteroatoms. The van der Waals surface area contributed by atoms with Gasteiger partial charge in [0.15, 0.2) is 0 Å². The van der Waals surface area contributed by atoms with Crippen molar-refractivity contribution in [3.05, 3.63) is 18.0 Å². The van der Waals surface area contributed by atoms with Crippen molar-refractivity contribution in [2.45, 2.75) is 32.2 Å². The van der Waals surface area contributed by atoms with E-state index < -0.39 is 5.97 Å². The highest BCUT2D eigenvalue weighted by atomic mass is 16.4. The van der Waals surface area contributed by atoms with Crippen LogP contribution in [0.2, 0.25) is 0 Å². The van der Waals surface area contributed by atoms with E-state index in [9.17, 15) is 4.79 Å². The Hall–Kier alpha value is -1.65. The van der Waals surface area contributed by atoms with Crippen LogP contribution in [0.15, 0.2) is 12.4 Å². The number of nitrogens with zero attached hydrogens (tertiary/aromatic N) is 2. The van der Waals surface area contributed by atoms with Crippen LogP contribution in [-0.4, -0.2) is 27.1 Å². The minimum atomic E-state index is -0.700. The first-order valence-corrected chi connectivity index (χ1v) is 5.43. The summed E-state index contributed by atoms with van der Waals surface area (Å²) in [7, 11) is 0. The van der Waals surface area contributed by atoms with Gasteiger partial charge in [-0.1, -0.05) is 0 Å². The van der Waals surface area contributed by atoms with Gasteiger partial charge in [0.2, 0.25) is 5.95 Å². The number of aliphatic carboxylic acids is 1. The number of rotatable bonds is 3. The van der Waals surface area contributed by atoms with Gasteiger partial charge in [-0.3, -0.25) is 4.79 Å². The number of aryl methyl sites for hydroxylation is 1. The van der Waals surface area contributed by atoms with Gasteiger partial charge in [0.05, 0.1) is 5.92 Å². The molecule has 1 aliphatic rings. The lowest BCUT2D eigenvalue weighted by atomic mass is 10.1. The minimum absolute atomic E-state index is 0.184. The molecule has 1 aromatic heterocycles. The van der Waals surface area contributed by atoms with Crippen molar-refractivity contribution in [2.75, 3.05) is 5.32 Å². The fourth-order valence-electron chi connectivity index (χ4n) is 1.99. The molecular weight excluding hydrogens is 206 g/mol. The highest BCUT2D eigenvalue weighted by Gasteiger charge is 2.29. The molecule has 2 unspecified atom stereocenters. The molecule has 1 aliphatic carbocycles. The van der Waals surface area contributed by atoms with E-state index in [0.29, 0.717) is 12.4 Å². The van der Waals surface area contributed by atoms with Crippen molar-refractivity contribution >= 4 is 11.9 Å². The maximum absolute atomic E-state index is 10.8. The van der Waals surface area contributed by atoms with Gasteiger partial charge >= 0.3 is 5.97 Å². The summed E-state index contributed by atoms with van der Waals surface area (Å²) in [5.41, 5.74) is 1.01. The van der Waals surface area contributed by atoms with E-state index in [1.807, 2.05) is 6.92 Å². The van der Waals surface area contributed by atoms with E-state index in [0.717, 1.165) is 18.4 Å². The molecule has 0 aliphatic heterocycles. The molecule has 0 saturated heterocycles. The molecule has 86 valence electrons. The van der Waals surface area contributed by atoms with Crippen LogP contribution in [0.3, 0.4) is 0 Å². The largest absolute Gasteiger partial charge is 0.481 e.